The molecule has 0 saturated heterocycles. The van der Waals surface area contributed by atoms with Crippen LogP contribution in [-0.2, 0) is 12.1 Å². The Morgan fingerprint density at radius 2 is 2.30 bits per heavy atom. The van der Waals surface area contributed by atoms with Crippen molar-refractivity contribution in [1.29, 1.82) is 0 Å². The van der Waals surface area contributed by atoms with Crippen LogP contribution in [0.1, 0.15) is 11.1 Å². The van der Waals surface area contributed by atoms with Crippen molar-refractivity contribution in [2.24, 2.45) is 4.99 Å². The number of hydrogen-bond acceptors (Lipinski definition) is 3. The van der Waals surface area contributed by atoms with E-state index in [2.05, 4.69) is 18.2 Å². The smallest absolute Gasteiger partial charge is 0.196 e. The van der Waals surface area contributed by atoms with E-state index >= 15 is 0 Å². The first-order valence-corrected chi connectivity index (χ1v) is 7.57. The molecule has 0 bridgehead atoms. The Morgan fingerprint density at radius 1 is 1.50 bits per heavy atom. The molecule has 0 radical (unpaired) electrons. The molecule has 4 heteroatoms. The van der Waals surface area contributed by atoms with Crippen LogP contribution in [-0.4, -0.2) is 15.4 Å². The molecule has 1 aromatic carbocycles. The van der Waals surface area contributed by atoms with Crippen LogP contribution in [0.15, 0.2) is 60.2 Å². The van der Waals surface area contributed by atoms with Gasteiger partial charge in [-0.15, -0.1) is 0 Å². The number of aliphatic hydroxyl groups is 1. The first-order valence-electron chi connectivity index (χ1n) is 6.32. The number of nitrogens with zero attached hydrogens (tertiary/aromatic N) is 1. The molecular weight excluding hydrogens is 290 g/mol. The molecule has 1 heterocycles. The van der Waals surface area contributed by atoms with Gasteiger partial charge in [0.1, 0.15) is 5.04 Å². The van der Waals surface area contributed by atoms with Crippen LogP contribution in [0.3, 0.4) is 0 Å². The molecule has 1 N–H and O–H groups in total. The molecular formula is C16H14ClNOS. The van der Waals surface area contributed by atoms with Gasteiger partial charge in [-0.05, 0) is 24.1 Å². The summed E-state index contributed by atoms with van der Waals surface area (Å²) in [6.45, 7) is 7.48. The third-order valence-corrected chi connectivity index (χ3v) is 5.17. The van der Waals surface area contributed by atoms with E-state index in [0.717, 1.165) is 28.2 Å². The Hall–Kier alpha value is -1.29. The van der Waals surface area contributed by atoms with Gasteiger partial charge in [-0.25, -0.2) is 4.99 Å². The van der Waals surface area contributed by atoms with Gasteiger partial charge in [-0.2, -0.15) is 0 Å². The molecule has 102 valence electrons. The number of halogens is 1. The van der Waals surface area contributed by atoms with Crippen molar-refractivity contribution in [3.05, 3.63) is 71.3 Å². The number of fused-ring (bicyclic) bond motifs is 3. The zero-order valence-corrected chi connectivity index (χ0v) is 12.4. The van der Waals surface area contributed by atoms with Gasteiger partial charge >= 0.3 is 0 Å². The second-order valence-corrected chi connectivity index (χ2v) is 6.44. The van der Waals surface area contributed by atoms with Gasteiger partial charge in [-0.3, -0.25) is 0 Å². The van der Waals surface area contributed by atoms with Crippen molar-refractivity contribution >= 4 is 28.4 Å². The maximum atomic E-state index is 10.9. The van der Waals surface area contributed by atoms with Gasteiger partial charge in [0.05, 0.1) is 5.25 Å². The summed E-state index contributed by atoms with van der Waals surface area (Å²) in [5.74, 6) is 0. The average molecular weight is 304 g/mol. The minimum absolute atomic E-state index is 0.000804. The van der Waals surface area contributed by atoms with Gasteiger partial charge in [0.2, 0.25) is 0 Å². The topological polar surface area (TPSA) is 32.6 Å². The van der Waals surface area contributed by atoms with E-state index in [9.17, 15) is 5.11 Å². The predicted molar refractivity (Wildman–Crippen MR) is 86.3 cm³/mol. The largest absolute Gasteiger partial charge is 0.365 e. The SMILES string of the molecule is C=C/C=C(\C=C)C1=NC2(O)c3ccc(Cl)cc3CC2S1. The molecule has 1 aliphatic carbocycles. The zero-order valence-electron chi connectivity index (χ0n) is 10.8. The monoisotopic (exact) mass is 303 g/mol. The second kappa shape index (κ2) is 4.92. The molecule has 1 aliphatic heterocycles. The van der Waals surface area contributed by atoms with Gasteiger partial charge in [0.25, 0.3) is 0 Å². The lowest BCUT2D eigenvalue weighted by atomic mass is 10.1. The molecule has 3 rings (SSSR count). The van der Waals surface area contributed by atoms with Gasteiger partial charge < -0.3 is 5.11 Å². The predicted octanol–water partition coefficient (Wildman–Crippen LogP) is 3.85. The fourth-order valence-electron chi connectivity index (χ4n) is 2.66. The highest BCUT2D eigenvalue weighted by molar-refractivity contribution is 8.15. The molecule has 0 fully saturated rings. The van der Waals surface area contributed by atoms with Crippen molar-refractivity contribution in [2.45, 2.75) is 17.4 Å². The number of aliphatic imine (C=N–C) groups is 1. The van der Waals surface area contributed by atoms with E-state index in [4.69, 9.17) is 11.6 Å². The van der Waals surface area contributed by atoms with Crippen LogP contribution >= 0.6 is 23.4 Å². The van der Waals surface area contributed by atoms with Crippen LogP contribution < -0.4 is 0 Å². The van der Waals surface area contributed by atoms with E-state index in [1.54, 1.807) is 30.0 Å². The van der Waals surface area contributed by atoms with Crippen LogP contribution in [0.5, 0.6) is 0 Å². The van der Waals surface area contributed by atoms with E-state index in [-0.39, 0.29) is 5.25 Å². The third kappa shape index (κ3) is 1.97. The quantitative estimate of drug-likeness (QED) is 0.860. The maximum absolute atomic E-state index is 10.9. The van der Waals surface area contributed by atoms with Gasteiger partial charge in [0.15, 0.2) is 5.72 Å². The van der Waals surface area contributed by atoms with Gasteiger partial charge in [0, 0.05) is 16.2 Å². The normalized spacial score (nSPS) is 27.8. The first-order chi connectivity index (χ1) is 9.58. The summed E-state index contributed by atoms with van der Waals surface area (Å²) >= 11 is 7.60. The molecule has 0 aromatic heterocycles. The van der Waals surface area contributed by atoms with Crippen molar-refractivity contribution in [2.75, 3.05) is 0 Å². The van der Waals surface area contributed by atoms with Crippen molar-refractivity contribution < 1.29 is 5.11 Å². The number of thioether (sulfide) groups is 1. The molecule has 20 heavy (non-hydrogen) atoms. The fourth-order valence-corrected chi connectivity index (χ4v) is 4.21. The first kappa shape index (κ1) is 13.7. The van der Waals surface area contributed by atoms with Gasteiger partial charge in [-0.1, -0.05) is 60.8 Å². The maximum Gasteiger partial charge on any atom is 0.196 e. The summed E-state index contributed by atoms with van der Waals surface area (Å²) in [5.41, 5.74) is 1.68. The minimum Gasteiger partial charge on any atom is -0.365 e. The number of benzene rings is 1. The standard InChI is InChI=1S/C16H14ClNOS/c1-3-5-10(4-2)15-18-16(19)13-7-6-12(17)8-11(13)9-14(16)20-15/h3-8,14,19H,1-2,9H2/b10-5+. The Bertz CT molecular complexity index is 664. The molecule has 2 atom stereocenters. The van der Waals surface area contributed by atoms with Crippen LogP contribution in [0.4, 0.5) is 0 Å². The molecule has 0 amide bonds. The highest BCUT2D eigenvalue weighted by Gasteiger charge is 2.50. The van der Waals surface area contributed by atoms with Crippen LogP contribution in [0, 0.1) is 0 Å². The molecule has 2 unspecified atom stereocenters. The van der Waals surface area contributed by atoms with Crippen molar-refractivity contribution in [3.63, 3.8) is 0 Å². The Balaban J connectivity index is 2.05. The van der Waals surface area contributed by atoms with Crippen LogP contribution in [0.25, 0.3) is 0 Å². The number of hydrogen-bond donors (Lipinski definition) is 1. The molecule has 1 aromatic rings. The molecule has 0 spiro atoms. The van der Waals surface area contributed by atoms with E-state index in [1.807, 2.05) is 18.2 Å². The third-order valence-electron chi connectivity index (χ3n) is 3.61. The van der Waals surface area contributed by atoms with Crippen LogP contribution in [0.2, 0.25) is 5.02 Å². The lowest BCUT2D eigenvalue weighted by molar-refractivity contribution is 0.0580. The Kier molecular flexibility index (Phi) is 3.36. The average Bonchev–Trinajstić information content (AvgIpc) is 2.86. The highest BCUT2D eigenvalue weighted by atomic mass is 35.5. The molecule has 0 saturated carbocycles. The number of rotatable bonds is 3. The van der Waals surface area contributed by atoms with E-state index in [1.165, 1.54) is 0 Å². The van der Waals surface area contributed by atoms with Crippen molar-refractivity contribution in [1.82, 2.24) is 0 Å². The highest BCUT2D eigenvalue weighted by Crippen LogP contribution is 2.50. The van der Waals surface area contributed by atoms with Crippen molar-refractivity contribution in [3.8, 4) is 0 Å². The Labute approximate surface area is 127 Å². The summed E-state index contributed by atoms with van der Waals surface area (Å²) in [5, 5.41) is 12.4. The second-order valence-electron chi connectivity index (χ2n) is 4.82. The summed E-state index contributed by atoms with van der Waals surface area (Å²) in [6, 6.07) is 5.58. The Morgan fingerprint density at radius 3 is 3.00 bits per heavy atom. The van der Waals surface area contributed by atoms with E-state index in [0.29, 0.717) is 5.02 Å². The fraction of sp³-hybridized carbons (Fsp3) is 0.188. The lowest BCUT2D eigenvalue weighted by Gasteiger charge is -2.19. The lowest BCUT2D eigenvalue weighted by Crippen LogP contribution is -2.27. The summed E-state index contributed by atoms with van der Waals surface area (Å²) in [7, 11) is 0. The minimum atomic E-state index is -1.15. The zero-order chi connectivity index (χ0) is 14.3. The van der Waals surface area contributed by atoms with E-state index < -0.39 is 5.72 Å². The summed E-state index contributed by atoms with van der Waals surface area (Å²) < 4.78 is 0. The number of allylic oxidation sites excluding steroid dienone is 3. The molecule has 2 nitrogen and oxygen atoms in total. The summed E-state index contributed by atoms with van der Waals surface area (Å²) in [6.07, 6.45) is 6.06. The molecule has 2 aliphatic rings. The summed E-state index contributed by atoms with van der Waals surface area (Å²) in [4.78, 5) is 4.55.